The first-order valence-electron chi connectivity index (χ1n) is 11.7. The first-order valence-corrected chi connectivity index (χ1v) is 12.6. The van der Waals surface area contributed by atoms with Crippen LogP contribution in [0.2, 0.25) is 0 Å². The van der Waals surface area contributed by atoms with Crippen molar-refractivity contribution in [3.8, 4) is 23.3 Å². The van der Waals surface area contributed by atoms with Crippen LogP contribution < -0.4 is 19.5 Å². The second-order valence-corrected chi connectivity index (χ2v) is 9.27. The largest absolute Gasteiger partial charge is 0.493 e. The van der Waals surface area contributed by atoms with Crippen LogP contribution in [0.4, 0.5) is 5.13 Å². The lowest BCUT2D eigenvalue weighted by Gasteiger charge is -2.12. The third kappa shape index (κ3) is 8.59. The summed E-state index contributed by atoms with van der Waals surface area (Å²) >= 11 is 1.28. The van der Waals surface area contributed by atoms with Crippen molar-refractivity contribution in [3.05, 3.63) is 64.2 Å². The number of carbonyl (C=O) groups is 1. The molecule has 0 saturated heterocycles. The van der Waals surface area contributed by atoms with Gasteiger partial charge in [0.2, 0.25) is 5.13 Å². The third-order valence-corrected chi connectivity index (χ3v) is 6.16. The number of methoxy groups -OCH3 is 1. The number of nitriles is 1. The number of hydrogen-bond donors (Lipinski definition) is 1. The number of hydrogen-bond acceptors (Lipinski definition) is 9. The molecule has 3 aromatic rings. The fourth-order valence-corrected chi connectivity index (χ4v) is 3.80. The Morgan fingerprint density at radius 1 is 1.05 bits per heavy atom. The first-order chi connectivity index (χ1) is 17.9. The topological polar surface area (TPSA) is 116 Å². The summed E-state index contributed by atoms with van der Waals surface area (Å²) in [5, 5.41) is 21.3. The zero-order chi connectivity index (χ0) is 26.6. The highest BCUT2D eigenvalue weighted by molar-refractivity contribution is 7.15. The molecule has 37 heavy (non-hydrogen) atoms. The maximum absolute atomic E-state index is 12.6. The third-order valence-electron chi connectivity index (χ3n) is 5.02. The van der Waals surface area contributed by atoms with Crippen LogP contribution in [0, 0.1) is 18.3 Å². The quantitative estimate of drug-likeness (QED) is 0.189. The van der Waals surface area contributed by atoms with E-state index in [1.54, 1.807) is 18.2 Å². The van der Waals surface area contributed by atoms with Gasteiger partial charge in [0.25, 0.3) is 5.91 Å². The molecule has 1 aromatic heterocycles. The normalized spacial score (nSPS) is 11.2. The number of benzene rings is 2. The van der Waals surface area contributed by atoms with E-state index in [1.165, 1.54) is 30.1 Å². The van der Waals surface area contributed by atoms with E-state index in [4.69, 9.17) is 18.9 Å². The van der Waals surface area contributed by atoms with Crippen LogP contribution in [0.25, 0.3) is 6.08 Å². The van der Waals surface area contributed by atoms with Gasteiger partial charge in [-0.1, -0.05) is 48.9 Å². The summed E-state index contributed by atoms with van der Waals surface area (Å²) in [6, 6.07) is 14.9. The molecule has 0 spiro atoms. The van der Waals surface area contributed by atoms with E-state index in [0.29, 0.717) is 48.6 Å². The van der Waals surface area contributed by atoms with Gasteiger partial charge in [-0.3, -0.25) is 10.1 Å². The van der Waals surface area contributed by atoms with Crippen molar-refractivity contribution in [2.24, 2.45) is 0 Å². The minimum Gasteiger partial charge on any atom is -0.493 e. The SMILES string of the molecule is COc1cc(/C=C(/C#N)C(=O)Nc2nnc(C(C)C)s2)ccc1OCCOCCOc1ccc(C)cc1. The van der Waals surface area contributed by atoms with Crippen LogP contribution in [0.15, 0.2) is 48.0 Å². The number of anilines is 1. The lowest BCUT2D eigenvalue weighted by atomic mass is 10.1. The Morgan fingerprint density at radius 3 is 2.43 bits per heavy atom. The minimum absolute atomic E-state index is 0.0710. The Bertz CT molecular complexity index is 1250. The van der Waals surface area contributed by atoms with Crippen molar-refractivity contribution in [1.29, 1.82) is 5.26 Å². The van der Waals surface area contributed by atoms with Crippen LogP contribution in [-0.4, -0.2) is 49.6 Å². The zero-order valence-electron chi connectivity index (χ0n) is 21.3. The maximum atomic E-state index is 12.6. The summed E-state index contributed by atoms with van der Waals surface area (Å²) in [5.74, 6) is 1.45. The minimum atomic E-state index is -0.559. The number of carbonyl (C=O) groups excluding carboxylic acids is 1. The van der Waals surface area contributed by atoms with Gasteiger partial charge in [-0.25, -0.2) is 0 Å². The van der Waals surface area contributed by atoms with Crippen LogP contribution in [0.1, 0.15) is 35.9 Å². The fourth-order valence-electron chi connectivity index (χ4n) is 3.06. The van der Waals surface area contributed by atoms with Crippen molar-refractivity contribution in [1.82, 2.24) is 10.2 Å². The van der Waals surface area contributed by atoms with Crippen molar-refractivity contribution >= 4 is 28.5 Å². The second kappa shape index (κ2) is 14.0. The Balaban J connectivity index is 1.49. The average Bonchev–Trinajstić information content (AvgIpc) is 3.37. The molecule has 2 aromatic carbocycles. The molecule has 9 nitrogen and oxygen atoms in total. The predicted molar refractivity (Wildman–Crippen MR) is 142 cm³/mol. The lowest BCUT2D eigenvalue weighted by Crippen LogP contribution is -2.13. The molecule has 0 radical (unpaired) electrons. The number of aryl methyl sites for hydroxylation is 1. The van der Waals surface area contributed by atoms with Gasteiger partial charge in [0.05, 0.1) is 20.3 Å². The van der Waals surface area contributed by atoms with Gasteiger partial charge in [0.15, 0.2) is 11.5 Å². The molecular weight excluding hydrogens is 492 g/mol. The van der Waals surface area contributed by atoms with E-state index in [2.05, 4.69) is 15.5 Å². The van der Waals surface area contributed by atoms with Gasteiger partial charge in [0.1, 0.15) is 35.6 Å². The standard InChI is InChI=1S/C27H30N4O5S/c1-18(2)26-30-31-27(37-26)29-25(32)21(17-28)15-20-7-10-23(24(16-20)33-4)36-14-12-34-11-13-35-22-8-5-19(3)6-9-22/h5-10,15-16,18H,11-14H2,1-4H3,(H,29,31,32)/b21-15-. The molecule has 0 aliphatic carbocycles. The number of ether oxygens (including phenoxy) is 4. The number of amides is 1. The predicted octanol–water partition coefficient (Wildman–Crippen LogP) is 5.00. The Kier molecular flexibility index (Phi) is 10.4. The van der Waals surface area contributed by atoms with E-state index in [9.17, 15) is 10.1 Å². The van der Waals surface area contributed by atoms with Crippen LogP contribution >= 0.6 is 11.3 Å². The molecule has 0 aliphatic heterocycles. The van der Waals surface area contributed by atoms with Gasteiger partial charge in [-0.05, 0) is 42.8 Å². The molecule has 1 heterocycles. The maximum Gasteiger partial charge on any atom is 0.268 e. The van der Waals surface area contributed by atoms with Gasteiger partial charge < -0.3 is 18.9 Å². The highest BCUT2D eigenvalue weighted by atomic mass is 32.1. The summed E-state index contributed by atoms with van der Waals surface area (Å²) in [6.07, 6.45) is 1.48. The summed E-state index contributed by atoms with van der Waals surface area (Å²) < 4.78 is 22.4. The van der Waals surface area contributed by atoms with Crippen molar-refractivity contribution < 1.29 is 23.7 Å². The van der Waals surface area contributed by atoms with Gasteiger partial charge in [-0.2, -0.15) is 5.26 Å². The van der Waals surface area contributed by atoms with Crippen LogP contribution in [0.3, 0.4) is 0 Å². The highest BCUT2D eigenvalue weighted by Gasteiger charge is 2.15. The summed E-state index contributed by atoms with van der Waals surface area (Å²) in [7, 11) is 1.52. The molecule has 0 atom stereocenters. The van der Waals surface area contributed by atoms with Crippen LogP contribution in [0.5, 0.6) is 17.2 Å². The molecule has 0 aliphatic rings. The van der Waals surface area contributed by atoms with Gasteiger partial charge >= 0.3 is 0 Å². The van der Waals surface area contributed by atoms with Gasteiger partial charge in [-0.15, -0.1) is 10.2 Å². The first kappa shape index (κ1) is 27.6. The molecular formula is C27H30N4O5S. The Hall–Kier alpha value is -3.94. The molecule has 194 valence electrons. The molecule has 1 amide bonds. The highest BCUT2D eigenvalue weighted by Crippen LogP contribution is 2.29. The molecule has 1 N–H and O–H groups in total. The second-order valence-electron chi connectivity index (χ2n) is 8.26. The zero-order valence-corrected chi connectivity index (χ0v) is 22.1. The summed E-state index contributed by atoms with van der Waals surface area (Å²) in [6.45, 7) is 7.59. The summed E-state index contributed by atoms with van der Waals surface area (Å²) in [5.41, 5.74) is 1.72. The van der Waals surface area contributed by atoms with Crippen molar-refractivity contribution in [2.45, 2.75) is 26.7 Å². The van der Waals surface area contributed by atoms with Crippen molar-refractivity contribution in [3.63, 3.8) is 0 Å². The number of rotatable bonds is 13. The number of aromatic nitrogens is 2. The van der Waals surface area contributed by atoms with Gasteiger partial charge in [0, 0.05) is 5.92 Å². The molecule has 0 fully saturated rings. The average molecular weight is 523 g/mol. The molecule has 0 unspecified atom stereocenters. The Labute approximate surface area is 220 Å². The van der Waals surface area contributed by atoms with Crippen LogP contribution in [-0.2, 0) is 9.53 Å². The molecule has 10 heteroatoms. The van der Waals surface area contributed by atoms with E-state index < -0.39 is 5.91 Å². The lowest BCUT2D eigenvalue weighted by molar-refractivity contribution is -0.112. The molecule has 0 bridgehead atoms. The summed E-state index contributed by atoms with van der Waals surface area (Å²) in [4.78, 5) is 12.6. The van der Waals surface area contributed by atoms with Crippen molar-refractivity contribution in [2.75, 3.05) is 38.9 Å². The van der Waals surface area contributed by atoms with E-state index >= 15 is 0 Å². The monoisotopic (exact) mass is 522 g/mol. The number of nitrogens with zero attached hydrogens (tertiary/aromatic N) is 3. The number of nitrogens with one attached hydrogen (secondary N) is 1. The molecule has 3 rings (SSSR count). The molecule has 0 saturated carbocycles. The fraction of sp³-hybridized carbons (Fsp3) is 0.333. The Morgan fingerprint density at radius 2 is 1.78 bits per heavy atom. The van der Waals surface area contributed by atoms with E-state index in [1.807, 2.05) is 51.1 Å². The van der Waals surface area contributed by atoms with E-state index in [0.717, 1.165) is 10.8 Å². The van der Waals surface area contributed by atoms with E-state index in [-0.39, 0.29) is 11.5 Å². The smallest absolute Gasteiger partial charge is 0.268 e.